The lowest BCUT2D eigenvalue weighted by molar-refractivity contribution is -0.141. The molecule has 0 radical (unpaired) electrons. The maximum Gasteiger partial charge on any atom is 0.306 e. The van der Waals surface area contributed by atoms with E-state index in [1.807, 2.05) is 54.6 Å². The van der Waals surface area contributed by atoms with Gasteiger partial charge in [-0.25, -0.2) is 0 Å². The Morgan fingerprint density at radius 2 is 1.72 bits per heavy atom. The first-order chi connectivity index (χ1) is 13.9. The minimum absolute atomic E-state index is 0.137. The van der Waals surface area contributed by atoms with Gasteiger partial charge in [-0.1, -0.05) is 61.5 Å². The molecule has 0 aliphatic heterocycles. The van der Waals surface area contributed by atoms with E-state index in [0.717, 1.165) is 22.8 Å². The highest BCUT2D eigenvalue weighted by molar-refractivity contribution is 5.91. The fourth-order valence-corrected chi connectivity index (χ4v) is 3.12. The number of carbonyl (C=O) groups excluding carboxylic acids is 1. The van der Waals surface area contributed by atoms with Crippen LogP contribution in [0.15, 0.2) is 70.0 Å². The minimum Gasteiger partial charge on any atom is -0.481 e. The van der Waals surface area contributed by atoms with Gasteiger partial charge >= 0.3 is 5.97 Å². The van der Waals surface area contributed by atoms with Crippen LogP contribution in [0.1, 0.15) is 29.5 Å². The van der Waals surface area contributed by atoms with Gasteiger partial charge in [-0.05, 0) is 29.5 Å². The molecule has 3 aromatic rings. The number of aromatic amines is 1. The highest BCUT2D eigenvalue weighted by Gasteiger charge is 2.22. The van der Waals surface area contributed by atoms with E-state index in [1.165, 1.54) is 0 Å². The molecule has 1 amide bonds. The number of aliphatic carboxylic acids is 1. The van der Waals surface area contributed by atoms with Crippen LogP contribution in [0.4, 0.5) is 0 Å². The first-order valence-corrected chi connectivity index (χ1v) is 9.29. The Morgan fingerprint density at radius 1 is 1.07 bits per heavy atom. The lowest BCUT2D eigenvalue weighted by atomic mass is 9.95. The van der Waals surface area contributed by atoms with Gasteiger partial charge < -0.3 is 14.9 Å². The molecule has 0 aliphatic rings. The molecule has 0 saturated heterocycles. The van der Waals surface area contributed by atoms with Crippen molar-refractivity contribution in [3.63, 3.8) is 0 Å². The third-order valence-corrected chi connectivity index (χ3v) is 4.69. The summed E-state index contributed by atoms with van der Waals surface area (Å²) in [5.74, 6) is -2.27. The Balaban J connectivity index is 1.74. The summed E-state index contributed by atoms with van der Waals surface area (Å²) < 4.78 is 4.83. The van der Waals surface area contributed by atoms with E-state index in [0.29, 0.717) is 6.42 Å². The molecular formula is C22H22N2O5. The smallest absolute Gasteiger partial charge is 0.306 e. The van der Waals surface area contributed by atoms with Crippen molar-refractivity contribution in [1.29, 1.82) is 0 Å². The fraction of sp³-hybridized carbons (Fsp3) is 0.227. The predicted molar refractivity (Wildman–Crippen MR) is 108 cm³/mol. The second kappa shape index (κ2) is 9.05. The van der Waals surface area contributed by atoms with Gasteiger partial charge in [0.1, 0.15) is 0 Å². The Hall–Kier alpha value is -3.61. The maximum absolute atomic E-state index is 12.3. The number of nitrogens with one attached hydrogen (secondary N) is 2. The van der Waals surface area contributed by atoms with Crippen LogP contribution in [0, 0.1) is 5.92 Å². The summed E-state index contributed by atoms with van der Waals surface area (Å²) >= 11 is 0. The second-order valence-electron chi connectivity index (χ2n) is 6.99. The second-order valence-corrected chi connectivity index (χ2v) is 6.99. The Labute approximate surface area is 167 Å². The van der Waals surface area contributed by atoms with E-state index in [4.69, 9.17) is 4.52 Å². The van der Waals surface area contributed by atoms with Crippen molar-refractivity contribution in [2.24, 2.45) is 5.92 Å². The lowest BCUT2D eigenvalue weighted by Crippen LogP contribution is -2.38. The molecule has 150 valence electrons. The molecule has 0 fully saturated rings. The number of carbonyl (C=O) groups is 2. The van der Waals surface area contributed by atoms with Crippen molar-refractivity contribution in [1.82, 2.24) is 10.5 Å². The molecular weight excluding hydrogens is 372 g/mol. The third-order valence-electron chi connectivity index (χ3n) is 4.69. The molecule has 1 unspecified atom stereocenters. The van der Waals surface area contributed by atoms with Gasteiger partial charge in [0.05, 0.1) is 12.0 Å². The summed E-state index contributed by atoms with van der Waals surface area (Å²) in [5.41, 5.74) is 2.62. The molecule has 29 heavy (non-hydrogen) atoms. The molecule has 2 atom stereocenters. The number of amides is 1. The summed E-state index contributed by atoms with van der Waals surface area (Å²) in [6.07, 6.45) is 0.698. The zero-order chi connectivity index (χ0) is 20.8. The van der Waals surface area contributed by atoms with Gasteiger partial charge in [-0.15, -0.1) is 0 Å². The van der Waals surface area contributed by atoms with Crippen LogP contribution in [-0.4, -0.2) is 28.2 Å². The third kappa shape index (κ3) is 5.44. The zero-order valence-corrected chi connectivity index (χ0v) is 15.9. The highest BCUT2D eigenvalue weighted by atomic mass is 16.5. The highest BCUT2D eigenvalue weighted by Crippen LogP contribution is 2.20. The summed E-state index contributed by atoms with van der Waals surface area (Å²) in [5, 5.41) is 14.1. The van der Waals surface area contributed by atoms with E-state index in [9.17, 15) is 19.5 Å². The van der Waals surface area contributed by atoms with Crippen molar-refractivity contribution < 1.29 is 19.2 Å². The average molecular weight is 394 g/mol. The number of aromatic nitrogens is 1. The van der Waals surface area contributed by atoms with E-state index in [1.54, 1.807) is 6.92 Å². The summed E-state index contributed by atoms with van der Waals surface area (Å²) in [4.78, 5) is 34.8. The molecule has 2 aromatic carbocycles. The number of benzene rings is 2. The van der Waals surface area contributed by atoms with Crippen molar-refractivity contribution in [2.75, 3.05) is 0 Å². The molecule has 0 saturated carbocycles. The largest absolute Gasteiger partial charge is 0.481 e. The van der Waals surface area contributed by atoms with Gasteiger partial charge in [-0.3, -0.25) is 14.4 Å². The van der Waals surface area contributed by atoms with Crippen LogP contribution in [0.25, 0.3) is 11.1 Å². The van der Waals surface area contributed by atoms with Crippen molar-refractivity contribution >= 4 is 11.9 Å². The molecule has 0 bridgehead atoms. The maximum atomic E-state index is 12.3. The molecule has 0 aliphatic carbocycles. The zero-order valence-electron chi connectivity index (χ0n) is 15.9. The van der Waals surface area contributed by atoms with Gasteiger partial charge in [0.25, 0.3) is 11.5 Å². The molecule has 3 rings (SSSR count). The number of hydrogen-bond donors (Lipinski definition) is 3. The molecule has 0 spiro atoms. The van der Waals surface area contributed by atoms with E-state index >= 15 is 0 Å². The molecule has 7 heteroatoms. The van der Waals surface area contributed by atoms with Crippen LogP contribution in [-0.2, 0) is 11.2 Å². The van der Waals surface area contributed by atoms with Crippen molar-refractivity contribution in [3.05, 3.63) is 82.3 Å². The molecule has 3 N–H and O–H groups in total. The number of carboxylic acid groups (broad SMARTS) is 1. The Morgan fingerprint density at radius 3 is 2.31 bits per heavy atom. The van der Waals surface area contributed by atoms with Crippen LogP contribution in [0.2, 0.25) is 0 Å². The molecule has 1 heterocycles. The van der Waals surface area contributed by atoms with Crippen molar-refractivity contribution in [2.45, 2.75) is 25.8 Å². The number of H-pyrrole nitrogens is 1. The van der Waals surface area contributed by atoms with E-state index in [-0.39, 0.29) is 12.2 Å². The van der Waals surface area contributed by atoms with Gasteiger partial charge in [0.2, 0.25) is 5.76 Å². The van der Waals surface area contributed by atoms with Crippen LogP contribution >= 0.6 is 0 Å². The monoisotopic (exact) mass is 394 g/mol. The van der Waals surface area contributed by atoms with Crippen LogP contribution < -0.4 is 10.9 Å². The summed E-state index contributed by atoms with van der Waals surface area (Å²) in [7, 11) is 0. The van der Waals surface area contributed by atoms with Gasteiger partial charge in [0.15, 0.2) is 0 Å². The topological polar surface area (TPSA) is 112 Å². The van der Waals surface area contributed by atoms with Gasteiger partial charge in [0, 0.05) is 6.04 Å². The number of carboxylic acids is 1. The summed E-state index contributed by atoms with van der Waals surface area (Å²) in [6.45, 7) is 1.59. The Kier molecular flexibility index (Phi) is 6.29. The van der Waals surface area contributed by atoms with E-state index < -0.39 is 29.4 Å². The average Bonchev–Trinajstić information content (AvgIpc) is 3.15. The predicted octanol–water partition coefficient (Wildman–Crippen LogP) is 3.09. The van der Waals surface area contributed by atoms with E-state index in [2.05, 4.69) is 10.5 Å². The van der Waals surface area contributed by atoms with Gasteiger partial charge in [-0.2, -0.15) is 5.16 Å². The fourth-order valence-electron chi connectivity index (χ4n) is 3.12. The molecule has 1 aromatic heterocycles. The standard InChI is InChI=1S/C22H22N2O5/c1-14(22(27)28)11-18(23-21(26)19-13-20(25)24-29-19)12-15-7-9-17(10-8-15)16-5-3-2-4-6-16/h2-10,13-14,18H,11-12H2,1H3,(H,23,26)(H,24,25)(H,27,28)/t14-,18?/m1/s1. The van der Waals surface area contributed by atoms with Crippen LogP contribution in [0.5, 0.6) is 0 Å². The summed E-state index contributed by atoms with van der Waals surface area (Å²) in [6, 6.07) is 18.5. The quantitative estimate of drug-likeness (QED) is 0.543. The SMILES string of the molecule is C[C@H](CC(Cc1ccc(-c2ccccc2)cc1)NC(=O)c1cc(=O)[nH]o1)C(=O)O. The molecule has 7 nitrogen and oxygen atoms in total. The first-order valence-electron chi connectivity index (χ1n) is 9.29. The van der Waals surface area contributed by atoms with Crippen molar-refractivity contribution in [3.8, 4) is 11.1 Å². The normalized spacial score (nSPS) is 12.9. The lowest BCUT2D eigenvalue weighted by Gasteiger charge is -2.20. The Bertz CT molecular complexity index is 1020. The minimum atomic E-state index is -0.933. The first kappa shape index (κ1) is 20.1. The van der Waals surface area contributed by atoms with Crippen LogP contribution in [0.3, 0.4) is 0 Å². The number of hydrogen-bond acceptors (Lipinski definition) is 4. The number of rotatable bonds is 8.